The highest BCUT2D eigenvalue weighted by Crippen LogP contribution is 2.40. The number of nitrogens with zero attached hydrogens (tertiary/aromatic N) is 4. The summed E-state index contributed by atoms with van der Waals surface area (Å²) in [7, 11) is 3.36. The molecule has 1 aliphatic carbocycles. The highest BCUT2D eigenvalue weighted by molar-refractivity contribution is 6.01. The zero-order valence-electron chi connectivity index (χ0n) is 23.9. The monoisotopic (exact) mass is 542 g/mol. The van der Waals surface area contributed by atoms with Crippen molar-refractivity contribution in [3.8, 4) is 5.75 Å². The van der Waals surface area contributed by atoms with Gasteiger partial charge in [0.1, 0.15) is 11.4 Å². The number of aromatic nitrogens is 2. The van der Waals surface area contributed by atoms with Gasteiger partial charge in [-0.05, 0) is 57.4 Å². The molecule has 2 aromatic carbocycles. The predicted octanol–water partition coefficient (Wildman–Crippen LogP) is 5.47. The van der Waals surface area contributed by atoms with Crippen LogP contribution in [0, 0.1) is 5.41 Å². The molecule has 2 heterocycles. The summed E-state index contributed by atoms with van der Waals surface area (Å²) in [6.45, 7) is 6.54. The van der Waals surface area contributed by atoms with Crippen LogP contribution in [0.3, 0.4) is 0 Å². The average Bonchev–Trinajstić information content (AvgIpc) is 3.48. The van der Waals surface area contributed by atoms with E-state index in [9.17, 15) is 9.59 Å². The molecule has 0 bridgehead atoms. The Bertz CT molecular complexity index is 1390. The Labute approximate surface area is 236 Å². The molecule has 1 atom stereocenters. The van der Waals surface area contributed by atoms with Crippen LogP contribution in [0.15, 0.2) is 54.7 Å². The number of hydrogen-bond donors (Lipinski definition) is 2. The van der Waals surface area contributed by atoms with Gasteiger partial charge in [-0.15, -0.1) is 0 Å². The van der Waals surface area contributed by atoms with E-state index >= 15 is 0 Å². The second-order valence-corrected chi connectivity index (χ2v) is 11.4. The van der Waals surface area contributed by atoms with Crippen molar-refractivity contribution in [1.82, 2.24) is 15.3 Å². The number of fused-ring (bicyclic) bond motifs is 1. The number of benzene rings is 2. The zero-order valence-corrected chi connectivity index (χ0v) is 23.9. The molecule has 1 aliphatic heterocycles. The molecule has 210 valence electrons. The molecule has 2 aliphatic rings. The van der Waals surface area contributed by atoms with E-state index in [1.165, 1.54) is 12.8 Å². The molecule has 9 nitrogen and oxygen atoms in total. The van der Waals surface area contributed by atoms with E-state index in [0.29, 0.717) is 41.2 Å². The fourth-order valence-electron chi connectivity index (χ4n) is 5.69. The second kappa shape index (κ2) is 11.2. The van der Waals surface area contributed by atoms with Gasteiger partial charge in [-0.3, -0.25) is 9.59 Å². The van der Waals surface area contributed by atoms with Crippen LogP contribution >= 0.6 is 0 Å². The fourth-order valence-corrected chi connectivity index (χ4v) is 5.69. The van der Waals surface area contributed by atoms with Crippen LogP contribution in [0.2, 0.25) is 0 Å². The van der Waals surface area contributed by atoms with E-state index < -0.39 is 5.41 Å². The smallest absolute Gasteiger partial charge is 0.251 e. The van der Waals surface area contributed by atoms with E-state index in [0.717, 1.165) is 24.2 Å². The molecule has 3 aromatic rings. The minimum atomic E-state index is -0.552. The van der Waals surface area contributed by atoms with Crippen LogP contribution < -0.4 is 25.2 Å². The maximum absolute atomic E-state index is 13.3. The lowest BCUT2D eigenvalue weighted by atomic mass is 9.91. The van der Waals surface area contributed by atoms with E-state index in [-0.39, 0.29) is 17.9 Å². The SMILES string of the molecule is COc1cc(C(=O)NC(C)c2ccccc2)ccc1Nc1ncc2c(n1)N(C1CCCC1)CC(C)(C)C(=O)N2C. The van der Waals surface area contributed by atoms with Crippen molar-refractivity contribution in [3.63, 3.8) is 0 Å². The number of rotatable bonds is 7. The van der Waals surface area contributed by atoms with Gasteiger partial charge in [-0.1, -0.05) is 43.2 Å². The Hall–Kier alpha value is -4.14. The van der Waals surface area contributed by atoms with Gasteiger partial charge in [-0.2, -0.15) is 4.98 Å². The molecule has 5 rings (SSSR count). The van der Waals surface area contributed by atoms with Crippen LogP contribution in [0.4, 0.5) is 23.1 Å². The third-order valence-corrected chi connectivity index (χ3v) is 7.96. The van der Waals surface area contributed by atoms with Crippen molar-refractivity contribution >= 4 is 35.0 Å². The Kier molecular flexibility index (Phi) is 7.65. The minimum Gasteiger partial charge on any atom is -0.495 e. The molecule has 0 radical (unpaired) electrons. The van der Waals surface area contributed by atoms with Crippen LogP contribution in [-0.4, -0.2) is 48.5 Å². The van der Waals surface area contributed by atoms with Gasteiger partial charge in [0.25, 0.3) is 5.91 Å². The summed E-state index contributed by atoms with van der Waals surface area (Å²) in [5.41, 5.74) is 2.32. The third kappa shape index (κ3) is 5.46. The summed E-state index contributed by atoms with van der Waals surface area (Å²) in [5.74, 6) is 1.52. The molecule has 1 saturated carbocycles. The number of nitrogens with one attached hydrogen (secondary N) is 2. The Morgan fingerprint density at radius 3 is 2.55 bits per heavy atom. The topological polar surface area (TPSA) is 99.7 Å². The molecule has 2 amide bonds. The Balaban J connectivity index is 1.40. The molecule has 0 saturated heterocycles. The number of amides is 2. The van der Waals surface area contributed by atoms with Crippen molar-refractivity contribution in [2.24, 2.45) is 5.41 Å². The number of hydrogen-bond acceptors (Lipinski definition) is 7. The number of methoxy groups -OCH3 is 1. The van der Waals surface area contributed by atoms with E-state index in [2.05, 4.69) is 20.5 Å². The molecule has 1 unspecified atom stereocenters. The molecule has 2 N–H and O–H groups in total. The molecule has 1 aromatic heterocycles. The van der Waals surface area contributed by atoms with Gasteiger partial charge in [0.05, 0.1) is 30.5 Å². The zero-order chi connectivity index (χ0) is 28.4. The normalized spacial score (nSPS) is 17.7. The van der Waals surface area contributed by atoms with Gasteiger partial charge >= 0.3 is 0 Å². The molecular weight excluding hydrogens is 504 g/mol. The first kappa shape index (κ1) is 27.4. The molecule has 0 spiro atoms. The highest BCUT2D eigenvalue weighted by Gasteiger charge is 2.41. The van der Waals surface area contributed by atoms with E-state index in [1.54, 1.807) is 43.5 Å². The van der Waals surface area contributed by atoms with Gasteiger partial charge in [0.15, 0.2) is 5.82 Å². The van der Waals surface area contributed by atoms with E-state index in [4.69, 9.17) is 9.72 Å². The van der Waals surface area contributed by atoms with Crippen LogP contribution in [0.25, 0.3) is 0 Å². The standard InChI is InChI=1S/C31H38N6O3/c1-20(21-11-7-6-8-12-21)33-28(38)22-15-16-24(26(17-22)40-5)34-30-32-18-25-27(35-30)37(23-13-9-10-14-23)19-31(2,3)29(39)36(25)4/h6-8,11-12,15-18,20,23H,9-10,13-14,19H2,1-5H3,(H,33,38)(H,32,34,35). The third-order valence-electron chi connectivity index (χ3n) is 7.96. The molecule has 1 fully saturated rings. The van der Waals surface area contributed by atoms with Crippen molar-refractivity contribution in [2.75, 3.05) is 35.8 Å². The van der Waals surface area contributed by atoms with Crippen molar-refractivity contribution in [2.45, 2.75) is 58.5 Å². The van der Waals surface area contributed by atoms with Crippen LogP contribution in [0.1, 0.15) is 68.4 Å². The maximum Gasteiger partial charge on any atom is 0.251 e. The molecular formula is C31H38N6O3. The lowest BCUT2D eigenvalue weighted by Gasteiger charge is -2.34. The average molecular weight is 543 g/mol. The quantitative estimate of drug-likeness (QED) is 0.408. The lowest BCUT2D eigenvalue weighted by molar-refractivity contribution is -0.125. The predicted molar refractivity (Wildman–Crippen MR) is 157 cm³/mol. The number of ether oxygens (including phenoxy) is 1. The first-order chi connectivity index (χ1) is 19.2. The molecule has 9 heteroatoms. The maximum atomic E-state index is 13.3. The minimum absolute atomic E-state index is 0.0515. The number of carbonyl (C=O) groups excluding carboxylic acids is 2. The number of carbonyl (C=O) groups is 2. The second-order valence-electron chi connectivity index (χ2n) is 11.4. The van der Waals surface area contributed by atoms with Gasteiger partial charge in [-0.25, -0.2) is 4.98 Å². The van der Waals surface area contributed by atoms with Crippen LogP contribution in [-0.2, 0) is 4.79 Å². The lowest BCUT2D eigenvalue weighted by Crippen LogP contribution is -2.45. The summed E-state index contributed by atoms with van der Waals surface area (Å²) in [5, 5.41) is 6.32. The Morgan fingerprint density at radius 2 is 1.85 bits per heavy atom. The van der Waals surface area contributed by atoms with Gasteiger partial charge in [0, 0.05) is 25.2 Å². The van der Waals surface area contributed by atoms with Gasteiger partial charge < -0.3 is 25.2 Å². The van der Waals surface area contributed by atoms with E-state index in [1.807, 2.05) is 51.1 Å². The summed E-state index contributed by atoms with van der Waals surface area (Å²) in [6, 6.07) is 15.3. The van der Waals surface area contributed by atoms with Crippen molar-refractivity contribution in [3.05, 3.63) is 65.9 Å². The number of anilines is 4. The van der Waals surface area contributed by atoms with Crippen LogP contribution in [0.5, 0.6) is 5.75 Å². The summed E-state index contributed by atoms with van der Waals surface area (Å²) >= 11 is 0. The summed E-state index contributed by atoms with van der Waals surface area (Å²) in [6.07, 6.45) is 6.24. The molecule has 40 heavy (non-hydrogen) atoms. The first-order valence-corrected chi connectivity index (χ1v) is 13.9. The van der Waals surface area contributed by atoms with Crippen molar-refractivity contribution in [1.29, 1.82) is 0 Å². The summed E-state index contributed by atoms with van der Waals surface area (Å²) in [4.78, 5) is 39.7. The van der Waals surface area contributed by atoms with Gasteiger partial charge in [0.2, 0.25) is 11.9 Å². The van der Waals surface area contributed by atoms with Crippen molar-refractivity contribution < 1.29 is 14.3 Å². The summed E-state index contributed by atoms with van der Waals surface area (Å²) < 4.78 is 5.63. The first-order valence-electron chi connectivity index (χ1n) is 13.9. The largest absolute Gasteiger partial charge is 0.495 e. The highest BCUT2D eigenvalue weighted by atomic mass is 16.5. The Morgan fingerprint density at radius 1 is 1.12 bits per heavy atom. The fraction of sp³-hybridized carbons (Fsp3) is 0.419.